The summed E-state index contributed by atoms with van der Waals surface area (Å²) in [5.74, 6) is -0.591. The van der Waals surface area contributed by atoms with E-state index in [2.05, 4.69) is 0 Å². The second kappa shape index (κ2) is 6.23. The van der Waals surface area contributed by atoms with Crippen LogP contribution >= 0.6 is 0 Å². The van der Waals surface area contributed by atoms with Crippen LogP contribution in [0.4, 0.5) is 0 Å². The third-order valence-electron chi connectivity index (χ3n) is 3.15. The van der Waals surface area contributed by atoms with Crippen LogP contribution in [0.25, 0.3) is 0 Å². The Balaban J connectivity index is 4.59. The topological polar surface area (TPSA) is 44.8 Å². The SMILES string of the molecule is COC(C)(C)COC(C)(C)C(C)C(=O)OC(C)(C)C. The van der Waals surface area contributed by atoms with Crippen LogP contribution in [0.15, 0.2) is 0 Å². The highest BCUT2D eigenvalue weighted by atomic mass is 16.6. The van der Waals surface area contributed by atoms with Crippen LogP contribution < -0.4 is 0 Å². The molecule has 114 valence electrons. The van der Waals surface area contributed by atoms with Gasteiger partial charge in [-0.15, -0.1) is 0 Å². The average Bonchev–Trinajstić information content (AvgIpc) is 2.23. The van der Waals surface area contributed by atoms with Crippen molar-refractivity contribution in [2.75, 3.05) is 13.7 Å². The van der Waals surface area contributed by atoms with Gasteiger partial charge in [-0.2, -0.15) is 0 Å². The first-order valence-corrected chi connectivity index (χ1v) is 6.73. The molecule has 0 spiro atoms. The summed E-state index contributed by atoms with van der Waals surface area (Å²) in [6, 6.07) is 0. The highest BCUT2D eigenvalue weighted by molar-refractivity contribution is 5.73. The summed E-state index contributed by atoms with van der Waals surface area (Å²) < 4.78 is 16.6. The molecule has 0 aliphatic heterocycles. The maximum Gasteiger partial charge on any atom is 0.312 e. The van der Waals surface area contributed by atoms with E-state index in [0.29, 0.717) is 6.61 Å². The molecule has 0 fully saturated rings. The summed E-state index contributed by atoms with van der Waals surface area (Å²) in [6.07, 6.45) is 0. The van der Waals surface area contributed by atoms with Crippen LogP contribution in [0.1, 0.15) is 55.4 Å². The molecule has 0 aromatic carbocycles. The van der Waals surface area contributed by atoms with Crippen LogP contribution in [0.2, 0.25) is 0 Å². The van der Waals surface area contributed by atoms with Gasteiger partial charge in [-0.1, -0.05) is 0 Å². The molecular formula is C15H30O4. The van der Waals surface area contributed by atoms with Crippen molar-refractivity contribution in [2.45, 2.75) is 72.2 Å². The van der Waals surface area contributed by atoms with Gasteiger partial charge >= 0.3 is 5.97 Å². The third-order valence-corrected chi connectivity index (χ3v) is 3.15. The Bertz CT molecular complexity index is 300. The molecule has 0 rings (SSSR count). The Morgan fingerprint density at radius 3 is 1.89 bits per heavy atom. The molecule has 0 heterocycles. The lowest BCUT2D eigenvalue weighted by Gasteiger charge is -2.35. The third kappa shape index (κ3) is 6.92. The molecule has 4 heteroatoms. The molecule has 0 aromatic heterocycles. The summed E-state index contributed by atoms with van der Waals surface area (Å²) in [4.78, 5) is 12.1. The number of carbonyl (C=O) groups excluding carboxylic acids is 1. The molecule has 0 radical (unpaired) electrons. The quantitative estimate of drug-likeness (QED) is 0.698. The van der Waals surface area contributed by atoms with Crippen molar-refractivity contribution < 1.29 is 19.0 Å². The van der Waals surface area contributed by atoms with Gasteiger partial charge in [0.05, 0.1) is 23.7 Å². The predicted molar refractivity (Wildman–Crippen MR) is 76.1 cm³/mol. The minimum atomic E-state index is -0.599. The van der Waals surface area contributed by atoms with Crippen molar-refractivity contribution in [3.8, 4) is 0 Å². The number of methoxy groups -OCH3 is 1. The van der Waals surface area contributed by atoms with E-state index in [4.69, 9.17) is 14.2 Å². The van der Waals surface area contributed by atoms with Gasteiger partial charge in [0.15, 0.2) is 0 Å². The molecule has 0 saturated heterocycles. The van der Waals surface area contributed by atoms with E-state index in [1.807, 2.05) is 55.4 Å². The van der Waals surface area contributed by atoms with Crippen molar-refractivity contribution in [3.05, 3.63) is 0 Å². The molecule has 1 unspecified atom stereocenters. The minimum absolute atomic E-state index is 0.243. The molecule has 0 N–H and O–H groups in total. The van der Waals surface area contributed by atoms with Gasteiger partial charge in [0.1, 0.15) is 5.60 Å². The maximum absolute atomic E-state index is 12.1. The van der Waals surface area contributed by atoms with Crippen molar-refractivity contribution in [2.24, 2.45) is 5.92 Å². The Labute approximate surface area is 117 Å². The molecule has 19 heavy (non-hydrogen) atoms. The first-order valence-electron chi connectivity index (χ1n) is 6.73. The number of esters is 1. The molecule has 1 atom stereocenters. The van der Waals surface area contributed by atoms with Crippen LogP contribution in [-0.4, -0.2) is 36.5 Å². The molecular weight excluding hydrogens is 244 g/mol. The second-order valence-corrected chi connectivity index (χ2v) is 7.11. The molecule has 0 saturated carbocycles. The standard InChI is InChI=1S/C15H30O4/c1-11(12(16)19-13(2,3)4)15(7,8)18-10-14(5,6)17-9/h11H,10H2,1-9H3. The molecule has 0 bridgehead atoms. The van der Waals surface area contributed by atoms with Gasteiger partial charge in [0.25, 0.3) is 0 Å². The van der Waals surface area contributed by atoms with Gasteiger partial charge in [-0.05, 0) is 55.4 Å². The lowest BCUT2D eigenvalue weighted by Crippen LogP contribution is -2.44. The monoisotopic (exact) mass is 274 g/mol. The molecule has 0 amide bonds. The van der Waals surface area contributed by atoms with Crippen LogP contribution in [0.5, 0.6) is 0 Å². The normalized spacial score (nSPS) is 15.2. The van der Waals surface area contributed by atoms with E-state index in [1.165, 1.54) is 0 Å². The van der Waals surface area contributed by atoms with Crippen LogP contribution in [0.3, 0.4) is 0 Å². The first kappa shape index (κ1) is 18.4. The number of hydrogen-bond donors (Lipinski definition) is 0. The summed E-state index contributed by atoms with van der Waals surface area (Å²) in [7, 11) is 1.65. The van der Waals surface area contributed by atoms with E-state index in [-0.39, 0.29) is 17.5 Å². The van der Waals surface area contributed by atoms with E-state index in [1.54, 1.807) is 7.11 Å². The molecule has 0 aromatic rings. The fourth-order valence-corrected chi connectivity index (χ4v) is 1.22. The highest BCUT2D eigenvalue weighted by Gasteiger charge is 2.36. The van der Waals surface area contributed by atoms with Crippen molar-refractivity contribution in [3.63, 3.8) is 0 Å². The Hall–Kier alpha value is -0.610. The van der Waals surface area contributed by atoms with Crippen LogP contribution in [-0.2, 0) is 19.0 Å². The lowest BCUT2D eigenvalue weighted by atomic mass is 9.92. The number of ether oxygens (including phenoxy) is 3. The maximum atomic E-state index is 12.1. The van der Waals surface area contributed by atoms with E-state index < -0.39 is 11.2 Å². The predicted octanol–water partition coefficient (Wildman–Crippen LogP) is 3.18. The van der Waals surface area contributed by atoms with E-state index in [0.717, 1.165) is 0 Å². The molecule has 0 aliphatic carbocycles. The van der Waals surface area contributed by atoms with Crippen molar-refractivity contribution in [1.82, 2.24) is 0 Å². The fraction of sp³-hybridized carbons (Fsp3) is 0.933. The summed E-state index contributed by atoms with van der Waals surface area (Å²) in [6.45, 7) is 15.5. The highest BCUT2D eigenvalue weighted by Crippen LogP contribution is 2.26. The van der Waals surface area contributed by atoms with Gasteiger partial charge in [0, 0.05) is 7.11 Å². The van der Waals surface area contributed by atoms with Gasteiger partial charge in [-0.25, -0.2) is 0 Å². The minimum Gasteiger partial charge on any atom is -0.460 e. The fourth-order valence-electron chi connectivity index (χ4n) is 1.22. The number of rotatable bonds is 6. The average molecular weight is 274 g/mol. The zero-order valence-electron chi connectivity index (χ0n) is 13.9. The first-order chi connectivity index (χ1) is 8.31. The Morgan fingerprint density at radius 2 is 1.53 bits per heavy atom. The van der Waals surface area contributed by atoms with Gasteiger partial charge in [0.2, 0.25) is 0 Å². The molecule has 4 nitrogen and oxygen atoms in total. The Kier molecular flexibility index (Phi) is 6.03. The van der Waals surface area contributed by atoms with Gasteiger partial charge in [-0.3, -0.25) is 4.79 Å². The largest absolute Gasteiger partial charge is 0.460 e. The lowest BCUT2D eigenvalue weighted by molar-refractivity contribution is -0.176. The summed E-state index contributed by atoms with van der Waals surface area (Å²) >= 11 is 0. The van der Waals surface area contributed by atoms with Gasteiger partial charge < -0.3 is 14.2 Å². The smallest absolute Gasteiger partial charge is 0.312 e. The Morgan fingerprint density at radius 1 is 1.05 bits per heavy atom. The second-order valence-electron chi connectivity index (χ2n) is 7.11. The zero-order valence-corrected chi connectivity index (χ0v) is 13.9. The van der Waals surface area contributed by atoms with E-state index >= 15 is 0 Å². The van der Waals surface area contributed by atoms with Crippen LogP contribution in [0, 0.1) is 5.92 Å². The van der Waals surface area contributed by atoms with E-state index in [9.17, 15) is 4.79 Å². The summed E-state index contributed by atoms with van der Waals surface area (Å²) in [5, 5.41) is 0. The van der Waals surface area contributed by atoms with Crippen molar-refractivity contribution in [1.29, 1.82) is 0 Å². The summed E-state index contributed by atoms with van der Waals surface area (Å²) in [5.41, 5.74) is -1.45. The zero-order chi connectivity index (χ0) is 15.5. The number of hydrogen-bond acceptors (Lipinski definition) is 4. The number of carbonyl (C=O) groups is 1. The molecule has 0 aliphatic rings. The van der Waals surface area contributed by atoms with Crippen molar-refractivity contribution >= 4 is 5.97 Å².